The van der Waals surface area contributed by atoms with E-state index in [0.29, 0.717) is 12.0 Å². The molecule has 1 heterocycles. The maximum absolute atomic E-state index is 11.8. The highest BCUT2D eigenvalue weighted by molar-refractivity contribution is 5.91. The van der Waals surface area contributed by atoms with E-state index in [1.54, 1.807) is 0 Å². The van der Waals surface area contributed by atoms with Gasteiger partial charge in [-0.05, 0) is 36.5 Å². The van der Waals surface area contributed by atoms with E-state index in [9.17, 15) is 9.59 Å². The molecule has 0 atom stereocenters. The van der Waals surface area contributed by atoms with Gasteiger partial charge in [0.25, 0.3) is 0 Å². The van der Waals surface area contributed by atoms with Crippen LogP contribution in [0.25, 0.3) is 11.1 Å². The van der Waals surface area contributed by atoms with Gasteiger partial charge in [0.2, 0.25) is 5.43 Å². The fourth-order valence-corrected chi connectivity index (χ4v) is 2.61. The Balaban J connectivity index is 2.20. The molecule has 1 aliphatic carbocycles. The Morgan fingerprint density at radius 1 is 1.05 bits per heavy atom. The monoisotopic (exact) mass is 254 g/mol. The molecule has 0 radical (unpaired) electrons. The second kappa shape index (κ2) is 4.39. The van der Waals surface area contributed by atoms with Gasteiger partial charge in [-0.1, -0.05) is 30.3 Å². The number of nitrogens with one attached hydrogen (secondary N) is 2. The fourth-order valence-electron chi connectivity index (χ4n) is 2.61. The first-order valence-corrected chi connectivity index (χ1v) is 6.28. The highest BCUT2D eigenvalue weighted by Crippen LogP contribution is 2.34. The summed E-state index contributed by atoms with van der Waals surface area (Å²) in [5.74, 6) is 0. The minimum Gasteiger partial charge on any atom is -0.298 e. The van der Waals surface area contributed by atoms with E-state index in [1.807, 2.05) is 37.3 Å². The smallest absolute Gasteiger partial charge is 0.298 e. The Hall–Kier alpha value is -2.36. The van der Waals surface area contributed by atoms with E-state index < -0.39 is 11.0 Å². The maximum atomic E-state index is 11.8. The number of allylic oxidation sites excluding steroid dienone is 2. The maximum Gasteiger partial charge on any atom is 0.310 e. The van der Waals surface area contributed by atoms with E-state index in [-0.39, 0.29) is 0 Å². The van der Waals surface area contributed by atoms with Gasteiger partial charge in [0.05, 0.1) is 5.69 Å². The minimum atomic E-state index is -0.572. The number of benzene rings is 1. The second-order valence-electron chi connectivity index (χ2n) is 4.73. The van der Waals surface area contributed by atoms with Crippen LogP contribution in [0.2, 0.25) is 0 Å². The summed E-state index contributed by atoms with van der Waals surface area (Å²) in [7, 11) is 0. The zero-order valence-electron chi connectivity index (χ0n) is 10.6. The van der Waals surface area contributed by atoms with Crippen LogP contribution >= 0.6 is 0 Å². The highest BCUT2D eigenvalue weighted by Gasteiger charge is 2.23. The van der Waals surface area contributed by atoms with E-state index in [0.717, 1.165) is 28.8 Å². The third-order valence-corrected chi connectivity index (χ3v) is 3.67. The molecule has 0 fully saturated rings. The van der Waals surface area contributed by atoms with Crippen LogP contribution in [-0.4, -0.2) is 10.2 Å². The summed E-state index contributed by atoms with van der Waals surface area (Å²) in [6, 6.07) is 10.0. The molecule has 2 N–H and O–H groups in total. The average Bonchev–Trinajstić information content (AvgIpc) is 2.87. The third kappa shape index (κ3) is 1.85. The summed E-state index contributed by atoms with van der Waals surface area (Å²) in [4.78, 5) is 23.1. The van der Waals surface area contributed by atoms with E-state index in [1.165, 1.54) is 0 Å². The van der Waals surface area contributed by atoms with Crippen LogP contribution in [0.5, 0.6) is 0 Å². The number of hydrogen-bond acceptors (Lipinski definition) is 2. The van der Waals surface area contributed by atoms with Crippen LogP contribution in [0.4, 0.5) is 0 Å². The average molecular weight is 254 g/mol. The zero-order valence-corrected chi connectivity index (χ0v) is 10.6. The summed E-state index contributed by atoms with van der Waals surface area (Å²) in [6.07, 6.45) is 1.42. The summed E-state index contributed by atoms with van der Waals surface area (Å²) < 4.78 is 0. The lowest BCUT2D eigenvalue weighted by Gasteiger charge is -2.07. The third-order valence-electron chi connectivity index (χ3n) is 3.67. The molecule has 1 aliphatic rings. The Kier molecular flexibility index (Phi) is 2.71. The molecule has 0 bridgehead atoms. The molecule has 2 aromatic rings. The van der Waals surface area contributed by atoms with Gasteiger partial charge in [-0.15, -0.1) is 0 Å². The van der Waals surface area contributed by atoms with Crippen LogP contribution in [0.3, 0.4) is 0 Å². The molecule has 0 saturated carbocycles. The lowest BCUT2D eigenvalue weighted by molar-refractivity contribution is 0.936. The van der Waals surface area contributed by atoms with Crippen LogP contribution in [0, 0.1) is 0 Å². The molecule has 1 aromatic heterocycles. The van der Waals surface area contributed by atoms with Crippen LogP contribution in [0.15, 0.2) is 39.9 Å². The molecule has 3 rings (SSSR count). The minimum absolute atomic E-state index is 0.412. The van der Waals surface area contributed by atoms with Crippen molar-refractivity contribution in [3.05, 3.63) is 67.7 Å². The van der Waals surface area contributed by atoms with Crippen LogP contribution in [0.1, 0.15) is 30.2 Å². The van der Waals surface area contributed by atoms with Crippen molar-refractivity contribution in [2.75, 3.05) is 0 Å². The normalized spacial score (nSPS) is 16.3. The Labute approximate surface area is 109 Å². The molecular weight excluding hydrogens is 240 g/mol. The molecule has 0 amide bonds. The van der Waals surface area contributed by atoms with Gasteiger partial charge in [-0.25, -0.2) is 0 Å². The SMILES string of the molecule is CC(=C1CCc2c1[nH][nH]c(=O)c2=O)c1ccccc1. The molecule has 0 spiro atoms. The molecule has 19 heavy (non-hydrogen) atoms. The van der Waals surface area contributed by atoms with Gasteiger partial charge >= 0.3 is 5.56 Å². The van der Waals surface area contributed by atoms with E-state index in [4.69, 9.17) is 0 Å². The molecule has 4 nitrogen and oxygen atoms in total. The standard InChI is InChI=1S/C15H14N2O2/c1-9(10-5-3-2-4-6-10)11-7-8-12-13(11)16-17-15(19)14(12)18/h2-6H,7-8H2,1H3,(H,16,18)(H,17,19). The van der Waals surface area contributed by atoms with Gasteiger partial charge in [-0.3, -0.25) is 19.8 Å². The number of hydrogen-bond donors (Lipinski definition) is 2. The number of H-pyrrole nitrogens is 2. The number of aromatic nitrogens is 2. The summed E-state index contributed by atoms with van der Waals surface area (Å²) in [5.41, 5.74) is 3.79. The molecular formula is C15H14N2O2. The largest absolute Gasteiger partial charge is 0.310 e. The van der Waals surface area contributed by atoms with Gasteiger partial charge < -0.3 is 0 Å². The van der Waals surface area contributed by atoms with Crippen LogP contribution in [-0.2, 0) is 6.42 Å². The molecule has 0 aliphatic heterocycles. The lowest BCUT2D eigenvalue weighted by Crippen LogP contribution is -2.31. The predicted octanol–water partition coefficient (Wildman–Crippen LogP) is 1.94. The first-order valence-electron chi connectivity index (χ1n) is 6.28. The Morgan fingerprint density at radius 2 is 1.79 bits per heavy atom. The quantitative estimate of drug-likeness (QED) is 0.764. The topological polar surface area (TPSA) is 65.7 Å². The number of aromatic amines is 2. The van der Waals surface area contributed by atoms with Crippen molar-refractivity contribution in [1.82, 2.24) is 10.2 Å². The van der Waals surface area contributed by atoms with Gasteiger partial charge in [0.15, 0.2) is 0 Å². The van der Waals surface area contributed by atoms with Crippen molar-refractivity contribution in [2.45, 2.75) is 19.8 Å². The molecule has 0 saturated heterocycles. The zero-order chi connectivity index (χ0) is 13.4. The predicted molar refractivity (Wildman–Crippen MR) is 74.9 cm³/mol. The summed E-state index contributed by atoms with van der Waals surface area (Å²) in [6.45, 7) is 2.04. The number of fused-ring (bicyclic) bond motifs is 1. The van der Waals surface area contributed by atoms with Crippen molar-refractivity contribution in [2.24, 2.45) is 0 Å². The van der Waals surface area contributed by atoms with E-state index in [2.05, 4.69) is 10.2 Å². The first-order chi connectivity index (χ1) is 9.18. The van der Waals surface area contributed by atoms with Gasteiger partial charge in [0.1, 0.15) is 0 Å². The first kappa shape index (κ1) is 11.7. The van der Waals surface area contributed by atoms with Crippen LogP contribution < -0.4 is 11.0 Å². The second-order valence-corrected chi connectivity index (χ2v) is 4.73. The number of rotatable bonds is 1. The molecule has 1 aromatic carbocycles. The van der Waals surface area contributed by atoms with Crippen molar-refractivity contribution >= 4 is 11.1 Å². The Bertz CT molecular complexity index is 767. The molecule has 96 valence electrons. The van der Waals surface area contributed by atoms with Gasteiger partial charge in [-0.2, -0.15) is 0 Å². The lowest BCUT2D eigenvalue weighted by atomic mass is 10.00. The van der Waals surface area contributed by atoms with Crippen molar-refractivity contribution in [1.29, 1.82) is 0 Å². The summed E-state index contributed by atoms with van der Waals surface area (Å²) >= 11 is 0. The molecule has 0 unspecified atom stereocenters. The highest BCUT2D eigenvalue weighted by atomic mass is 16.2. The molecule has 4 heteroatoms. The fraction of sp³-hybridized carbons (Fsp3) is 0.200. The van der Waals surface area contributed by atoms with Crippen molar-refractivity contribution in [3.8, 4) is 0 Å². The Morgan fingerprint density at radius 3 is 2.53 bits per heavy atom. The van der Waals surface area contributed by atoms with Crippen molar-refractivity contribution < 1.29 is 0 Å². The van der Waals surface area contributed by atoms with Gasteiger partial charge in [0, 0.05) is 5.56 Å². The summed E-state index contributed by atoms with van der Waals surface area (Å²) in [5, 5.41) is 5.27. The van der Waals surface area contributed by atoms with E-state index >= 15 is 0 Å². The van der Waals surface area contributed by atoms with Crippen molar-refractivity contribution in [3.63, 3.8) is 0 Å².